The third kappa shape index (κ3) is 5.44. The summed E-state index contributed by atoms with van der Waals surface area (Å²) in [4.78, 5) is 24.2. The first-order valence-corrected chi connectivity index (χ1v) is 9.68. The van der Waals surface area contributed by atoms with Gasteiger partial charge in [-0.3, -0.25) is 20.4 Å². The molecule has 158 valence electrons. The standard InChI is InChI=1S/C22H24N2O6/c1-3-11-28-17-8-5-15(12-19(17)27-4-2)6-10-21(25)23-24-22(26)16-7-9-18-20(13-16)30-14-29-18/h5-10,12-13H,3-4,11,14H2,1-2H3,(H,23,25)(H,24,26)/b10-6+. The van der Waals surface area contributed by atoms with Gasteiger partial charge in [-0.15, -0.1) is 0 Å². The molecule has 0 radical (unpaired) electrons. The monoisotopic (exact) mass is 412 g/mol. The molecule has 2 amide bonds. The number of hydrazine groups is 1. The molecule has 0 aliphatic carbocycles. The van der Waals surface area contributed by atoms with Crippen molar-refractivity contribution in [2.75, 3.05) is 20.0 Å². The van der Waals surface area contributed by atoms with Crippen molar-refractivity contribution in [2.24, 2.45) is 0 Å². The van der Waals surface area contributed by atoms with E-state index in [1.165, 1.54) is 6.08 Å². The van der Waals surface area contributed by atoms with Crippen molar-refractivity contribution in [1.82, 2.24) is 10.9 Å². The van der Waals surface area contributed by atoms with Gasteiger partial charge in [0.25, 0.3) is 11.8 Å². The van der Waals surface area contributed by atoms with Crippen LogP contribution >= 0.6 is 0 Å². The molecule has 0 atom stereocenters. The molecule has 0 saturated carbocycles. The van der Waals surface area contributed by atoms with Crippen LogP contribution < -0.4 is 29.8 Å². The number of hydrogen-bond acceptors (Lipinski definition) is 6. The molecule has 8 nitrogen and oxygen atoms in total. The van der Waals surface area contributed by atoms with Crippen LogP contribution in [-0.2, 0) is 4.79 Å². The Morgan fingerprint density at radius 2 is 1.83 bits per heavy atom. The average molecular weight is 412 g/mol. The van der Waals surface area contributed by atoms with Crippen LogP contribution in [0.15, 0.2) is 42.5 Å². The predicted octanol–water partition coefficient (Wildman–Crippen LogP) is 3.08. The summed E-state index contributed by atoms with van der Waals surface area (Å²) in [5.74, 6) is 1.40. The maximum Gasteiger partial charge on any atom is 0.269 e. The minimum absolute atomic E-state index is 0.124. The smallest absolute Gasteiger partial charge is 0.269 e. The van der Waals surface area contributed by atoms with E-state index in [0.29, 0.717) is 41.8 Å². The highest BCUT2D eigenvalue weighted by molar-refractivity contribution is 5.98. The lowest BCUT2D eigenvalue weighted by Gasteiger charge is -2.12. The lowest BCUT2D eigenvalue weighted by molar-refractivity contribution is -0.117. The van der Waals surface area contributed by atoms with Crippen LogP contribution in [-0.4, -0.2) is 31.8 Å². The fraction of sp³-hybridized carbons (Fsp3) is 0.273. The van der Waals surface area contributed by atoms with Gasteiger partial charge >= 0.3 is 0 Å². The second-order valence-electron chi connectivity index (χ2n) is 6.33. The van der Waals surface area contributed by atoms with E-state index in [-0.39, 0.29) is 6.79 Å². The summed E-state index contributed by atoms with van der Waals surface area (Å²) in [5, 5.41) is 0. The van der Waals surface area contributed by atoms with Gasteiger partial charge in [0.1, 0.15) is 0 Å². The Bertz CT molecular complexity index is 941. The quantitative estimate of drug-likeness (QED) is 0.511. The van der Waals surface area contributed by atoms with E-state index in [2.05, 4.69) is 10.9 Å². The van der Waals surface area contributed by atoms with Crippen LogP contribution in [0.3, 0.4) is 0 Å². The molecule has 0 fully saturated rings. The van der Waals surface area contributed by atoms with Crippen LogP contribution in [0.1, 0.15) is 36.2 Å². The Labute approximate surface area is 174 Å². The van der Waals surface area contributed by atoms with Crippen molar-refractivity contribution >= 4 is 17.9 Å². The highest BCUT2D eigenvalue weighted by atomic mass is 16.7. The lowest BCUT2D eigenvalue weighted by atomic mass is 10.2. The Balaban J connectivity index is 1.56. The zero-order valence-electron chi connectivity index (χ0n) is 16.9. The number of hydrogen-bond donors (Lipinski definition) is 2. The Kier molecular flexibility index (Phi) is 7.15. The number of benzene rings is 2. The van der Waals surface area contributed by atoms with E-state index in [4.69, 9.17) is 18.9 Å². The number of nitrogens with one attached hydrogen (secondary N) is 2. The van der Waals surface area contributed by atoms with Gasteiger partial charge < -0.3 is 18.9 Å². The van der Waals surface area contributed by atoms with Crippen molar-refractivity contribution in [3.63, 3.8) is 0 Å². The Morgan fingerprint density at radius 3 is 2.63 bits per heavy atom. The molecule has 1 heterocycles. The van der Waals surface area contributed by atoms with Crippen LogP contribution in [0.25, 0.3) is 6.08 Å². The van der Waals surface area contributed by atoms with Gasteiger partial charge in [0.05, 0.1) is 13.2 Å². The molecule has 30 heavy (non-hydrogen) atoms. The van der Waals surface area contributed by atoms with E-state index < -0.39 is 11.8 Å². The van der Waals surface area contributed by atoms with Crippen molar-refractivity contribution in [1.29, 1.82) is 0 Å². The predicted molar refractivity (Wildman–Crippen MR) is 111 cm³/mol. The number of carbonyl (C=O) groups excluding carboxylic acids is 2. The topological polar surface area (TPSA) is 95.1 Å². The SMILES string of the molecule is CCCOc1ccc(/C=C/C(=O)NNC(=O)c2ccc3c(c2)OCO3)cc1OCC. The van der Waals surface area contributed by atoms with Gasteiger partial charge in [-0.2, -0.15) is 0 Å². The van der Waals surface area contributed by atoms with Gasteiger partial charge in [-0.1, -0.05) is 13.0 Å². The summed E-state index contributed by atoms with van der Waals surface area (Å²) < 4.78 is 21.7. The van der Waals surface area contributed by atoms with Gasteiger partial charge in [0.15, 0.2) is 23.0 Å². The van der Waals surface area contributed by atoms with Gasteiger partial charge in [-0.25, -0.2) is 0 Å². The van der Waals surface area contributed by atoms with Crippen LogP contribution in [0, 0.1) is 0 Å². The molecule has 1 aliphatic rings. The highest BCUT2D eigenvalue weighted by Crippen LogP contribution is 2.32. The van der Waals surface area contributed by atoms with E-state index in [1.807, 2.05) is 19.9 Å². The van der Waals surface area contributed by atoms with Crippen molar-refractivity contribution < 1.29 is 28.5 Å². The van der Waals surface area contributed by atoms with Crippen molar-refractivity contribution in [2.45, 2.75) is 20.3 Å². The second kappa shape index (κ2) is 10.2. The van der Waals surface area contributed by atoms with Crippen LogP contribution in [0.2, 0.25) is 0 Å². The number of rotatable bonds is 8. The molecular formula is C22H24N2O6. The van der Waals surface area contributed by atoms with Crippen LogP contribution in [0.4, 0.5) is 0 Å². The van der Waals surface area contributed by atoms with Crippen LogP contribution in [0.5, 0.6) is 23.0 Å². The highest BCUT2D eigenvalue weighted by Gasteiger charge is 2.16. The maximum atomic E-state index is 12.2. The normalized spacial score (nSPS) is 11.9. The third-order valence-corrected chi connectivity index (χ3v) is 4.09. The number of amides is 2. The van der Waals surface area contributed by atoms with Gasteiger partial charge in [-0.05, 0) is 55.3 Å². The lowest BCUT2D eigenvalue weighted by Crippen LogP contribution is -2.40. The summed E-state index contributed by atoms with van der Waals surface area (Å²) in [5.41, 5.74) is 5.81. The van der Waals surface area contributed by atoms with E-state index in [1.54, 1.807) is 36.4 Å². The zero-order chi connectivity index (χ0) is 21.3. The van der Waals surface area contributed by atoms with Crippen molar-refractivity contribution in [3.05, 3.63) is 53.6 Å². The molecule has 2 aromatic rings. The maximum absolute atomic E-state index is 12.2. The first kappa shape index (κ1) is 21.0. The average Bonchev–Trinajstić information content (AvgIpc) is 3.23. The van der Waals surface area contributed by atoms with Gasteiger partial charge in [0.2, 0.25) is 6.79 Å². The second-order valence-corrected chi connectivity index (χ2v) is 6.33. The summed E-state index contributed by atoms with van der Waals surface area (Å²) in [7, 11) is 0. The first-order valence-electron chi connectivity index (χ1n) is 9.68. The number of ether oxygens (including phenoxy) is 4. The Morgan fingerprint density at radius 1 is 1.00 bits per heavy atom. The molecule has 0 spiro atoms. The molecular weight excluding hydrogens is 388 g/mol. The molecule has 0 bridgehead atoms. The van der Waals surface area contributed by atoms with Crippen molar-refractivity contribution in [3.8, 4) is 23.0 Å². The third-order valence-electron chi connectivity index (χ3n) is 4.09. The summed E-state index contributed by atoms with van der Waals surface area (Å²) in [6.07, 6.45) is 3.83. The minimum Gasteiger partial charge on any atom is -0.490 e. The van der Waals surface area contributed by atoms with Gasteiger partial charge in [0, 0.05) is 11.6 Å². The molecule has 8 heteroatoms. The van der Waals surface area contributed by atoms with E-state index >= 15 is 0 Å². The molecule has 2 aromatic carbocycles. The summed E-state index contributed by atoms with van der Waals surface area (Å²) >= 11 is 0. The fourth-order valence-corrected chi connectivity index (χ4v) is 2.67. The first-order chi connectivity index (χ1) is 14.6. The Hall–Kier alpha value is -3.68. The number of carbonyl (C=O) groups is 2. The minimum atomic E-state index is -0.478. The molecule has 0 unspecified atom stereocenters. The van der Waals surface area contributed by atoms with E-state index in [9.17, 15) is 9.59 Å². The molecule has 3 rings (SSSR count). The summed E-state index contributed by atoms with van der Waals surface area (Å²) in [6.45, 7) is 5.14. The zero-order valence-corrected chi connectivity index (χ0v) is 16.9. The van der Waals surface area contributed by atoms with E-state index in [0.717, 1.165) is 12.0 Å². The molecule has 0 saturated heterocycles. The fourth-order valence-electron chi connectivity index (χ4n) is 2.67. The number of fused-ring (bicyclic) bond motifs is 1. The largest absolute Gasteiger partial charge is 0.490 e. The molecule has 0 aromatic heterocycles. The molecule has 2 N–H and O–H groups in total. The molecule has 1 aliphatic heterocycles. The summed E-state index contributed by atoms with van der Waals surface area (Å²) in [6, 6.07) is 10.2.